The molecule has 9 heteroatoms. The van der Waals surface area contributed by atoms with E-state index in [0.717, 1.165) is 54.9 Å². The third-order valence-corrected chi connectivity index (χ3v) is 11.0. The third-order valence-electron chi connectivity index (χ3n) is 11.0. The monoisotopic (exact) mass is 698 g/mol. The van der Waals surface area contributed by atoms with Crippen LogP contribution in [0.4, 0.5) is 5.69 Å². The predicted molar refractivity (Wildman–Crippen MR) is 206 cm³/mol. The predicted octanol–water partition coefficient (Wildman–Crippen LogP) is 6.82. The van der Waals surface area contributed by atoms with Gasteiger partial charge < -0.3 is 30.9 Å². The number of amides is 1. The number of H-pyrrole nitrogens is 1. The zero-order valence-corrected chi connectivity index (χ0v) is 30.2. The minimum absolute atomic E-state index is 0.00732. The molecule has 1 aromatic heterocycles. The molecular weight excluding hydrogens is 651 g/mol. The van der Waals surface area contributed by atoms with Crippen molar-refractivity contribution >= 4 is 34.9 Å². The number of hydrogen-bond acceptors (Lipinski definition) is 5. The van der Waals surface area contributed by atoms with E-state index in [-0.39, 0.29) is 41.3 Å². The third kappa shape index (κ3) is 7.82. The summed E-state index contributed by atoms with van der Waals surface area (Å²) < 4.78 is 5.51. The van der Waals surface area contributed by atoms with Crippen LogP contribution in [0.15, 0.2) is 78.9 Å². The Bertz CT molecular complexity index is 1960. The number of aromatic nitrogens is 1. The molecule has 0 bridgehead atoms. The summed E-state index contributed by atoms with van der Waals surface area (Å²) >= 11 is 0. The number of fused-ring (bicyclic) bond motifs is 1. The van der Waals surface area contributed by atoms with E-state index >= 15 is 0 Å². The molecule has 270 valence electrons. The molecule has 2 fully saturated rings. The molecule has 9 nitrogen and oxygen atoms in total. The van der Waals surface area contributed by atoms with Crippen LogP contribution in [0, 0.1) is 31.6 Å². The molecule has 0 radical (unpaired) electrons. The molecular formula is C43H48N5O4-. The maximum atomic E-state index is 14.1. The quantitative estimate of drug-likeness (QED) is 0.114. The van der Waals surface area contributed by atoms with Gasteiger partial charge in [-0.05, 0) is 104 Å². The lowest BCUT2D eigenvalue weighted by atomic mass is 9.87. The first-order valence-electron chi connectivity index (χ1n) is 18.5. The van der Waals surface area contributed by atoms with Gasteiger partial charge in [-0.2, -0.15) is 0 Å². The lowest BCUT2D eigenvalue weighted by molar-refractivity contribution is -0.00134. The number of amidine groups is 1. The molecule has 0 spiro atoms. The summed E-state index contributed by atoms with van der Waals surface area (Å²) in [7, 11) is 0. The first-order chi connectivity index (χ1) is 25.2. The van der Waals surface area contributed by atoms with E-state index in [9.17, 15) is 20.1 Å². The van der Waals surface area contributed by atoms with Crippen molar-refractivity contribution in [2.45, 2.75) is 52.2 Å². The van der Waals surface area contributed by atoms with Gasteiger partial charge in [0.2, 0.25) is 0 Å². The lowest BCUT2D eigenvalue weighted by Gasteiger charge is -2.32. The molecule has 3 aliphatic rings. The van der Waals surface area contributed by atoms with Gasteiger partial charge in [0, 0.05) is 48.1 Å². The lowest BCUT2D eigenvalue weighted by Crippen LogP contribution is -2.43. The summed E-state index contributed by atoms with van der Waals surface area (Å²) in [5.41, 5.74) is 7.72. The van der Waals surface area contributed by atoms with E-state index < -0.39 is 6.10 Å². The van der Waals surface area contributed by atoms with Crippen LogP contribution < -0.4 is 10.6 Å². The molecule has 3 aromatic carbocycles. The summed E-state index contributed by atoms with van der Waals surface area (Å²) in [4.78, 5) is 33.0. The molecule has 1 saturated carbocycles. The molecule has 3 unspecified atom stereocenters. The minimum Gasteiger partial charge on any atom is -0.464 e. The van der Waals surface area contributed by atoms with Gasteiger partial charge in [-0.3, -0.25) is 14.5 Å². The maximum Gasteiger partial charge on any atom is 0.251 e. The molecule has 1 saturated heterocycles. The average molecular weight is 699 g/mol. The second-order valence-electron chi connectivity index (χ2n) is 14.7. The van der Waals surface area contributed by atoms with Gasteiger partial charge >= 0.3 is 0 Å². The number of nitrogens with one attached hydrogen (secondary N) is 3. The summed E-state index contributed by atoms with van der Waals surface area (Å²) in [5.74, 6) is 0.0926. The van der Waals surface area contributed by atoms with Crippen molar-refractivity contribution in [1.82, 2.24) is 15.2 Å². The first kappa shape index (κ1) is 35.6. The van der Waals surface area contributed by atoms with Crippen molar-refractivity contribution in [3.63, 3.8) is 0 Å². The molecule has 2 aliphatic heterocycles. The van der Waals surface area contributed by atoms with E-state index in [4.69, 9.17) is 4.74 Å². The maximum absolute atomic E-state index is 14.1. The van der Waals surface area contributed by atoms with Crippen LogP contribution in [0.25, 0.3) is 17.1 Å². The number of Topliss-reactive ketones (excluding diaryl/α,β-unsaturated/α-hetero) is 1. The fraction of sp³-hybridized carbons (Fsp3) is 0.372. The van der Waals surface area contributed by atoms with Crippen LogP contribution in [-0.2, 0) is 11.2 Å². The Morgan fingerprint density at radius 2 is 1.75 bits per heavy atom. The molecule has 52 heavy (non-hydrogen) atoms. The number of ketones is 1. The van der Waals surface area contributed by atoms with Crippen LogP contribution in [0.1, 0.15) is 80.2 Å². The van der Waals surface area contributed by atoms with Gasteiger partial charge in [0.1, 0.15) is 0 Å². The van der Waals surface area contributed by atoms with E-state index in [1.807, 2.05) is 75.4 Å². The number of rotatable bonds is 13. The van der Waals surface area contributed by atoms with Crippen LogP contribution >= 0.6 is 0 Å². The first-order valence-corrected chi connectivity index (χ1v) is 18.5. The number of carbonyl (C=O) groups is 2. The standard InChI is InChI=1S/C43H48N5O4/c1-26-38(24-36-35-22-31(14-15-37(35)47-42(36)44)43(51)46-27(2)30-12-8-5-9-13-30)45-28(3)40(26)41(50)34-23-32(34)21-33(20-29-10-6-4-7-11-29)39(49)25-48-16-18-52-19-17-48/h4-15,22,24,27,32-34,39,49H,16-21,23,25H2,1-3H3,(H3-,44,45,46,47,50,51)/q-1/t27-,32?,33?,34?,39-/m1/s1. The number of morpholine rings is 1. The fourth-order valence-corrected chi connectivity index (χ4v) is 7.92. The van der Waals surface area contributed by atoms with E-state index in [1.165, 1.54) is 5.56 Å². The Kier molecular flexibility index (Phi) is 10.5. The number of aromatic amines is 1. The number of nitrogens with zero attached hydrogens (tertiary/aromatic N) is 2. The number of aliphatic hydroxyl groups is 1. The molecule has 3 heterocycles. The number of benzene rings is 3. The molecule has 4 N–H and O–H groups in total. The van der Waals surface area contributed by atoms with Gasteiger partial charge in [0.25, 0.3) is 5.91 Å². The topological polar surface area (TPSA) is 129 Å². The second kappa shape index (κ2) is 15.4. The van der Waals surface area contributed by atoms with Crippen molar-refractivity contribution < 1.29 is 19.4 Å². The largest absolute Gasteiger partial charge is 0.464 e. The van der Waals surface area contributed by atoms with Crippen molar-refractivity contribution in [2.24, 2.45) is 17.8 Å². The van der Waals surface area contributed by atoms with Crippen LogP contribution in [0.5, 0.6) is 0 Å². The Morgan fingerprint density at radius 1 is 1.04 bits per heavy atom. The molecule has 5 atom stereocenters. The number of ether oxygens (including phenoxy) is 1. The molecule has 7 rings (SSSR count). The Balaban J connectivity index is 1.06. The zero-order chi connectivity index (χ0) is 36.4. The molecule has 1 amide bonds. The Morgan fingerprint density at radius 3 is 2.48 bits per heavy atom. The van der Waals surface area contributed by atoms with Gasteiger partial charge in [0.15, 0.2) is 5.78 Å². The fourth-order valence-electron chi connectivity index (χ4n) is 7.92. The minimum atomic E-state index is -0.491. The van der Waals surface area contributed by atoms with E-state index in [0.29, 0.717) is 47.7 Å². The summed E-state index contributed by atoms with van der Waals surface area (Å²) in [6, 6.07) is 25.3. The van der Waals surface area contributed by atoms with Crippen LogP contribution in [-0.4, -0.2) is 71.5 Å². The summed E-state index contributed by atoms with van der Waals surface area (Å²) in [5, 5.41) is 28.5. The van der Waals surface area contributed by atoms with Crippen molar-refractivity contribution in [3.05, 3.63) is 129 Å². The number of anilines is 1. The Labute approximate surface area is 306 Å². The Hall–Kier alpha value is -4.83. The van der Waals surface area contributed by atoms with E-state index in [1.54, 1.807) is 18.2 Å². The van der Waals surface area contributed by atoms with Crippen LogP contribution in [0.3, 0.4) is 0 Å². The molecule has 1 aliphatic carbocycles. The van der Waals surface area contributed by atoms with Gasteiger partial charge in [0.05, 0.1) is 25.4 Å². The second-order valence-corrected chi connectivity index (χ2v) is 14.7. The van der Waals surface area contributed by atoms with Crippen LogP contribution in [0.2, 0.25) is 0 Å². The zero-order valence-electron chi connectivity index (χ0n) is 30.2. The van der Waals surface area contributed by atoms with Gasteiger partial charge in [-0.15, -0.1) is 0 Å². The number of aryl methyl sites for hydroxylation is 1. The molecule has 4 aromatic rings. The average Bonchev–Trinajstić information content (AvgIpc) is 3.78. The van der Waals surface area contributed by atoms with Crippen molar-refractivity contribution in [1.29, 1.82) is 0 Å². The van der Waals surface area contributed by atoms with Crippen molar-refractivity contribution in [2.75, 3.05) is 38.2 Å². The van der Waals surface area contributed by atoms with Gasteiger partial charge in [-0.25, -0.2) is 0 Å². The number of β-amino-alcohol motifs (C(OH)–C–C–N with tert-alkyl or cyclic N) is 1. The summed E-state index contributed by atoms with van der Waals surface area (Å²) in [6.45, 7) is 9.46. The van der Waals surface area contributed by atoms with E-state index in [2.05, 4.69) is 32.7 Å². The van der Waals surface area contributed by atoms with Gasteiger partial charge in [-0.1, -0.05) is 72.6 Å². The van der Waals surface area contributed by atoms with Crippen molar-refractivity contribution in [3.8, 4) is 0 Å². The SMILES string of the molecule is Cc1[nH]c(/C=C2\C(=[N-])Nc3ccc(C(=O)N[C@H](C)c4ccccc4)cc32)c(C)c1C(=O)C1CC1CC(Cc1ccccc1)[C@H](O)CN1CCOCC1. The number of hydrogen-bond donors (Lipinski definition) is 4. The highest BCUT2D eigenvalue weighted by Gasteiger charge is 2.46. The highest BCUT2D eigenvalue weighted by Crippen LogP contribution is 2.47. The highest BCUT2D eigenvalue weighted by atomic mass is 16.5. The number of aliphatic hydroxyl groups excluding tert-OH is 1. The normalized spacial score (nSPS) is 20.9. The smallest absolute Gasteiger partial charge is 0.251 e. The summed E-state index contributed by atoms with van der Waals surface area (Å²) in [6.07, 6.45) is 3.74. The highest BCUT2D eigenvalue weighted by molar-refractivity contribution is 6.38. The number of carbonyl (C=O) groups excluding carboxylic acids is 2.